The monoisotopic (exact) mass is 433 g/mol. The number of piperidine rings is 1. The third-order valence-corrected chi connectivity index (χ3v) is 5.11. The molecule has 0 spiro atoms. The second-order valence-electron chi connectivity index (χ2n) is 7.55. The Kier molecular flexibility index (Phi) is 9.93. The van der Waals surface area contributed by atoms with Crippen molar-refractivity contribution in [1.82, 2.24) is 20.4 Å². The van der Waals surface area contributed by atoms with E-state index in [0.29, 0.717) is 32.2 Å². The molecule has 1 fully saturated rings. The molecule has 2 amide bonds. The summed E-state index contributed by atoms with van der Waals surface area (Å²) in [6.07, 6.45) is 2.07. The van der Waals surface area contributed by atoms with E-state index in [9.17, 15) is 9.59 Å². The fourth-order valence-electron chi connectivity index (χ4n) is 3.28. The van der Waals surface area contributed by atoms with Crippen molar-refractivity contribution in [2.45, 2.75) is 32.2 Å². The van der Waals surface area contributed by atoms with Crippen molar-refractivity contribution in [3.63, 3.8) is 0 Å². The van der Waals surface area contributed by atoms with Gasteiger partial charge in [-0.25, -0.2) is 9.79 Å². The first-order valence-electron chi connectivity index (χ1n) is 10.7. The van der Waals surface area contributed by atoms with E-state index in [1.165, 1.54) is 4.90 Å². The largest absolute Gasteiger partial charge is 0.496 e. The molecule has 2 N–H and O–H groups in total. The highest BCUT2D eigenvalue weighted by Gasteiger charge is 2.24. The minimum Gasteiger partial charge on any atom is -0.496 e. The van der Waals surface area contributed by atoms with Crippen LogP contribution in [0.15, 0.2) is 29.3 Å². The van der Waals surface area contributed by atoms with Crippen molar-refractivity contribution in [2.24, 2.45) is 4.99 Å². The molecule has 0 unspecified atom stereocenters. The van der Waals surface area contributed by atoms with E-state index < -0.39 is 0 Å². The zero-order valence-electron chi connectivity index (χ0n) is 19.0. The van der Waals surface area contributed by atoms with Gasteiger partial charge < -0.3 is 29.9 Å². The number of carbonyl (C=O) groups is 2. The van der Waals surface area contributed by atoms with Gasteiger partial charge in [-0.1, -0.05) is 18.2 Å². The molecule has 1 aromatic carbocycles. The number of rotatable bonds is 8. The van der Waals surface area contributed by atoms with E-state index in [2.05, 4.69) is 15.6 Å². The second-order valence-corrected chi connectivity index (χ2v) is 7.55. The molecular formula is C22H35N5O4. The number of carbonyl (C=O) groups excluding carboxylic acids is 2. The van der Waals surface area contributed by atoms with Gasteiger partial charge in [-0.2, -0.15) is 0 Å². The maximum atomic E-state index is 12.0. The number of aliphatic imine (C=N–C) groups is 1. The molecule has 1 aliphatic rings. The van der Waals surface area contributed by atoms with Gasteiger partial charge in [-0.15, -0.1) is 0 Å². The Morgan fingerprint density at radius 2 is 1.94 bits per heavy atom. The zero-order valence-corrected chi connectivity index (χ0v) is 19.0. The third-order valence-electron chi connectivity index (χ3n) is 5.11. The third kappa shape index (κ3) is 7.99. The average molecular weight is 434 g/mol. The van der Waals surface area contributed by atoms with Crippen molar-refractivity contribution >= 4 is 18.0 Å². The molecule has 1 aliphatic heterocycles. The Bertz CT molecular complexity index is 745. The van der Waals surface area contributed by atoms with Crippen molar-refractivity contribution in [1.29, 1.82) is 0 Å². The summed E-state index contributed by atoms with van der Waals surface area (Å²) in [7, 11) is 5.09. The van der Waals surface area contributed by atoms with E-state index in [1.54, 1.807) is 33.0 Å². The molecule has 9 heteroatoms. The Balaban J connectivity index is 1.93. The first kappa shape index (κ1) is 24.3. The minimum absolute atomic E-state index is 0.0667. The van der Waals surface area contributed by atoms with Crippen LogP contribution in [-0.4, -0.2) is 87.8 Å². The number of methoxy groups -OCH3 is 1. The average Bonchev–Trinajstić information content (AvgIpc) is 2.77. The molecule has 0 radical (unpaired) electrons. The molecule has 172 valence electrons. The summed E-state index contributed by atoms with van der Waals surface area (Å²) in [6.45, 7) is 4.15. The highest BCUT2D eigenvalue weighted by atomic mass is 16.6. The van der Waals surface area contributed by atoms with Crippen molar-refractivity contribution < 1.29 is 19.1 Å². The number of ether oxygens (including phenoxy) is 2. The number of benzene rings is 1. The predicted octanol–water partition coefficient (Wildman–Crippen LogP) is 1.48. The number of amides is 2. The second kappa shape index (κ2) is 12.7. The maximum absolute atomic E-state index is 12.0. The normalized spacial score (nSPS) is 14.7. The smallest absolute Gasteiger partial charge is 0.409 e. The Morgan fingerprint density at radius 3 is 2.58 bits per heavy atom. The molecule has 31 heavy (non-hydrogen) atoms. The number of likely N-dealkylation sites (tertiary alicyclic amines) is 1. The molecule has 0 bridgehead atoms. The summed E-state index contributed by atoms with van der Waals surface area (Å²) in [4.78, 5) is 31.6. The van der Waals surface area contributed by atoms with Gasteiger partial charge in [0.1, 0.15) is 12.3 Å². The van der Waals surface area contributed by atoms with E-state index in [0.717, 1.165) is 30.6 Å². The Labute approximate surface area is 184 Å². The molecular weight excluding hydrogens is 398 g/mol. The first-order chi connectivity index (χ1) is 14.9. The van der Waals surface area contributed by atoms with Crippen LogP contribution in [-0.2, 0) is 16.0 Å². The molecule has 0 atom stereocenters. The van der Waals surface area contributed by atoms with Crippen LogP contribution in [0.2, 0.25) is 0 Å². The van der Waals surface area contributed by atoms with Gasteiger partial charge in [0.05, 0.1) is 13.7 Å². The van der Waals surface area contributed by atoms with Crippen LogP contribution in [0.1, 0.15) is 25.3 Å². The van der Waals surface area contributed by atoms with E-state index >= 15 is 0 Å². The predicted molar refractivity (Wildman–Crippen MR) is 120 cm³/mol. The van der Waals surface area contributed by atoms with Crippen LogP contribution in [0.25, 0.3) is 0 Å². The summed E-state index contributed by atoms with van der Waals surface area (Å²) in [5.74, 6) is 1.38. The standard InChI is InChI=1S/C22H35N5O4/c1-5-31-22(29)27-14-11-18(12-15-27)25-21(24-16-20(28)26(2)3)23-13-10-17-8-6-7-9-19(17)30-4/h6-9,18H,5,10-16H2,1-4H3,(H2,23,24,25). The van der Waals surface area contributed by atoms with Gasteiger partial charge in [0.25, 0.3) is 0 Å². The number of guanidine groups is 1. The lowest BCUT2D eigenvalue weighted by molar-refractivity contribution is -0.127. The highest BCUT2D eigenvalue weighted by Crippen LogP contribution is 2.17. The van der Waals surface area contributed by atoms with Crippen LogP contribution in [0.4, 0.5) is 4.79 Å². The number of para-hydroxylation sites is 1. The maximum Gasteiger partial charge on any atom is 0.409 e. The van der Waals surface area contributed by atoms with E-state index in [-0.39, 0.29) is 24.6 Å². The topological polar surface area (TPSA) is 95.5 Å². The van der Waals surface area contributed by atoms with Crippen LogP contribution in [0.5, 0.6) is 5.75 Å². The van der Waals surface area contributed by atoms with Gasteiger partial charge in [-0.05, 0) is 37.8 Å². The first-order valence-corrected chi connectivity index (χ1v) is 10.7. The lowest BCUT2D eigenvalue weighted by Gasteiger charge is -2.32. The molecule has 0 saturated carbocycles. The lowest BCUT2D eigenvalue weighted by atomic mass is 10.1. The van der Waals surface area contributed by atoms with Crippen LogP contribution in [0.3, 0.4) is 0 Å². The number of hydrogen-bond donors (Lipinski definition) is 2. The Morgan fingerprint density at radius 1 is 1.23 bits per heavy atom. The number of likely N-dealkylation sites (N-methyl/N-ethyl adjacent to an activating group) is 1. The minimum atomic E-state index is -0.263. The molecule has 0 aromatic heterocycles. The summed E-state index contributed by atoms with van der Waals surface area (Å²) < 4.78 is 10.5. The molecule has 9 nitrogen and oxygen atoms in total. The van der Waals surface area contributed by atoms with Gasteiger partial charge in [0.2, 0.25) is 5.91 Å². The Hall–Kier alpha value is -2.97. The quantitative estimate of drug-likeness (QED) is 0.476. The summed E-state index contributed by atoms with van der Waals surface area (Å²) in [6, 6.07) is 8.07. The number of nitrogens with one attached hydrogen (secondary N) is 2. The van der Waals surface area contributed by atoms with Crippen LogP contribution in [0, 0.1) is 0 Å². The van der Waals surface area contributed by atoms with Gasteiger partial charge in [-0.3, -0.25) is 4.79 Å². The van der Waals surface area contributed by atoms with Crippen molar-refractivity contribution in [2.75, 3.05) is 54.0 Å². The van der Waals surface area contributed by atoms with Crippen LogP contribution >= 0.6 is 0 Å². The molecule has 1 heterocycles. The summed E-state index contributed by atoms with van der Waals surface area (Å²) in [5, 5.41) is 6.74. The fourth-order valence-corrected chi connectivity index (χ4v) is 3.28. The highest BCUT2D eigenvalue weighted by molar-refractivity contribution is 5.85. The van der Waals surface area contributed by atoms with E-state index in [4.69, 9.17) is 9.47 Å². The van der Waals surface area contributed by atoms with E-state index in [1.807, 2.05) is 24.3 Å². The summed E-state index contributed by atoms with van der Waals surface area (Å²) >= 11 is 0. The summed E-state index contributed by atoms with van der Waals surface area (Å²) in [5.41, 5.74) is 1.10. The number of hydrogen-bond acceptors (Lipinski definition) is 5. The molecule has 1 aromatic rings. The molecule has 0 aliphatic carbocycles. The van der Waals surface area contributed by atoms with Crippen LogP contribution < -0.4 is 15.4 Å². The molecule has 2 rings (SSSR count). The zero-order chi connectivity index (χ0) is 22.6. The van der Waals surface area contributed by atoms with Gasteiger partial charge in [0.15, 0.2) is 5.96 Å². The molecule has 1 saturated heterocycles. The SMILES string of the molecule is CCOC(=O)N1CCC(NC(=NCC(=O)N(C)C)NCCc2ccccc2OC)CC1. The lowest BCUT2D eigenvalue weighted by Crippen LogP contribution is -2.50. The van der Waals surface area contributed by atoms with Crippen molar-refractivity contribution in [3.8, 4) is 5.75 Å². The van der Waals surface area contributed by atoms with Gasteiger partial charge in [0, 0.05) is 39.8 Å². The van der Waals surface area contributed by atoms with Gasteiger partial charge >= 0.3 is 6.09 Å². The number of nitrogens with zero attached hydrogens (tertiary/aromatic N) is 3. The van der Waals surface area contributed by atoms with Crippen molar-refractivity contribution in [3.05, 3.63) is 29.8 Å². The fraction of sp³-hybridized carbons (Fsp3) is 0.591.